The Kier molecular flexibility index (Phi) is 8.93. The maximum atomic E-state index is 5.42. The van der Waals surface area contributed by atoms with Gasteiger partial charge in [-0.3, -0.25) is 4.57 Å². The molecule has 0 aliphatic heterocycles. The third kappa shape index (κ3) is 5.87. The molecule has 1 aliphatic rings. The summed E-state index contributed by atoms with van der Waals surface area (Å²) >= 11 is 0. The summed E-state index contributed by atoms with van der Waals surface area (Å²) < 4.78 is 2.23. The molecule has 56 heavy (non-hydrogen) atoms. The molecule has 0 N–H and O–H groups in total. The number of aromatic nitrogens is 4. The van der Waals surface area contributed by atoms with Crippen LogP contribution in [0.1, 0.15) is 43.6 Å². The van der Waals surface area contributed by atoms with Gasteiger partial charge in [0.2, 0.25) is 5.95 Å². The van der Waals surface area contributed by atoms with Gasteiger partial charge < -0.3 is 0 Å². The summed E-state index contributed by atoms with van der Waals surface area (Å²) in [5.74, 6) is 2.51. The van der Waals surface area contributed by atoms with Gasteiger partial charge in [0.15, 0.2) is 19.7 Å². The molecule has 5 heteroatoms. The SMILES string of the molecule is c1ccc([Si](c2ccccc2)(c2ccccc2)c2cccc(-c3nc(-c4ccccc4C4CCCCC4)nc(-n4c5ccccc5c5ccccc54)n3)c2)cc1. The molecule has 0 saturated heterocycles. The Morgan fingerprint density at radius 1 is 0.429 bits per heavy atom. The van der Waals surface area contributed by atoms with Crippen LogP contribution in [-0.4, -0.2) is 27.6 Å². The van der Waals surface area contributed by atoms with Crippen LogP contribution in [0.15, 0.2) is 188 Å². The number of hydrogen-bond donors (Lipinski definition) is 0. The van der Waals surface area contributed by atoms with Crippen molar-refractivity contribution in [2.24, 2.45) is 0 Å². The van der Waals surface area contributed by atoms with E-state index in [1.165, 1.54) is 69.2 Å². The van der Waals surface area contributed by atoms with Gasteiger partial charge in [-0.05, 0) is 57.2 Å². The Hall–Kier alpha value is -6.43. The van der Waals surface area contributed by atoms with Gasteiger partial charge in [0, 0.05) is 21.9 Å². The van der Waals surface area contributed by atoms with E-state index in [4.69, 9.17) is 15.0 Å². The lowest BCUT2D eigenvalue weighted by atomic mass is 9.82. The molecule has 0 radical (unpaired) electrons. The molecule has 2 heterocycles. The fourth-order valence-electron chi connectivity index (χ4n) is 9.28. The molecular weight excluding hydrogens is 697 g/mol. The average molecular weight is 739 g/mol. The molecule has 0 unspecified atom stereocenters. The molecule has 7 aromatic carbocycles. The van der Waals surface area contributed by atoms with Gasteiger partial charge in [0.25, 0.3) is 0 Å². The van der Waals surface area contributed by atoms with Gasteiger partial charge in [-0.25, -0.2) is 4.98 Å². The van der Waals surface area contributed by atoms with Crippen molar-refractivity contribution >= 4 is 50.6 Å². The molecule has 1 fully saturated rings. The molecule has 1 saturated carbocycles. The molecular formula is C51H42N4Si. The number of fused-ring (bicyclic) bond motifs is 3. The Labute approximate surface area is 329 Å². The van der Waals surface area contributed by atoms with Crippen molar-refractivity contribution in [3.05, 3.63) is 194 Å². The Balaban J connectivity index is 1.24. The summed E-state index contributed by atoms with van der Waals surface area (Å²) in [6, 6.07) is 68.3. The zero-order valence-corrected chi connectivity index (χ0v) is 32.3. The second kappa shape index (κ2) is 14.7. The number of benzene rings is 7. The van der Waals surface area contributed by atoms with E-state index in [1.54, 1.807) is 0 Å². The molecule has 9 aromatic rings. The van der Waals surface area contributed by atoms with E-state index in [-0.39, 0.29) is 0 Å². The lowest BCUT2D eigenvalue weighted by Crippen LogP contribution is -2.74. The third-order valence-corrected chi connectivity index (χ3v) is 16.6. The van der Waals surface area contributed by atoms with Crippen molar-refractivity contribution in [1.82, 2.24) is 19.5 Å². The van der Waals surface area contributed by atoms with Crippen molar-refractivity contribution in [2.45, 2.75) is 38.0 Å². The van der Waals surface area contributed by atoms with Crippen LogP contribution in [0.25, 0.3) is 50.5 Å². The first-order valence-corrected chi connectivity index (χ1v) is 21.9. The first kappa shape index (κ1) is 34.1. The van der Waals surface area contributed by atoms with E-state index in [0.29, 0.717) is 17.7 Å². The molecule has 1 aliphatic carbocycles. The smallest absolute Gasteiger partial charge is 0.238 e. The van der Waals surface area contributed by atoms with E-state index in [2.05, 4.69) is 193 Å². The van der Waals surface area contributed by atoms with Crippen molar-refractivity contribution in [3.63, 3.8) is 0 Å². The van der Waals surface area contributed by atoms with Gasteiger partial charge in [-0.1, -0.05) is 195 Å². The molecule has 0 spiro atoms. The fraction of sp³-hybridized carbons (Fsp3) is 0.118. The molecule has 0 atom stereocenters. The molecule has 2 aromatic heterocycles. The molecule has 270 valence electrons. The van der Waals surface area contributed by atoms with E-state index in [0.717, 1.165) is 28.0 Å². The monoisotopic (exact) mass is 738 g/mol. The van der Waals surface area contributed by atoms with Crippen LogP contribution < -0.4 is 20.7 Å². The second-order valence-electron chi connectivity index (χ2n) is 15.0. The fourth-order valence-corrected chi connectivity index (χ4v) is 14.1. The zero-order chi connectivity index (χ0) is 37.3. The minimum Gasteiger partial charge on any atom is -0.278 e. The average Bonchev–Trinajstić information content (AvgIpc) is 3.63. The predicted molar refractivity (Wildman–Crippen MR) is 234 cm³/mol. The Morgan fingerprint density at radius 2 is 0.929 bits per heavy atom. The van der Waals surface area contributed by atoms with Crippen LogP contribution in [0.5, 0.6) is 0 Å². The van der Waals surface area contributed by atoms with Gasteiger partial charge >= 0.3 is 0 Å². The highest BCUT2D eigenvalue weighted by molar-refractivity contribution is 7.19. The summed E-state index contributed by atoms with van der Waals surface area (Å²) in [4.78, 5) is 16.2. The van der Waals surface area contributed by atoms with Gasteiger partial charge in [0.05, 0.1) is 11.0 Å². The second-order valence-corrected chi connectivity index (χ2v) is 18.8. The standard InChI is InChI=1S/C51H42N4Si/c1-5-20-37(21-6-1)43-30-13-14-33-46(43)50-52-49(53-51(54-50)55-47-34-17-15-31-44(47)45-32-16-18-35-48(45)55)38-22-19-29-42(36-38)56(39-23-7-2-8-24-39,40-25-9-3-10-26-40)41-27-11-4-12-28-41/h2-4,7-19,22-37H,1,5-6,20-21H2. The summed E-state index contributed by atoms with van der Waals surface area (Å²) in [6.45, 7) is 0. The quantitative estimate of drug-likeness (QED) is 0.115. The first-order valence-electron chi connectivity index (χ1n) is 19.9. The first-order chi connectivity index (χ1) is 27.8. The number of nitrogens with zero attached hydrogens (tertiary/aromatic N) is 4. The van der Waals surface area contributed by atoms with Crippen LogP contribution in [0.2, 0.25) is 0 Å². The normalized spacial score (nSPS) is 13.6. The third-order valence-electron chi connectivity index (χ3n) is 11.8. The largest absolute Gasteiger partial charge is 0.278 e. The van der Waals surface area contributed by atoms with E-state index in [9.17, 15) is 0 Å². The van der Waals surface area contributed by atoms with Crippen molar-refractivity contribution in [3.8, 4) is 28.7 Å². The summed E-state index contributed by atoms with van der Waals surface area (Å²) in [5.41, 5.74) is 5.57. The minimum absolute atomic E-state index is 0.495. The van der Waals surface area contributed by atoms with Crippen molar-refractivity contribution in [1.29, 1.82) is 0 Å². The van der Waals surface area contributed by atoms with E-state index >= 15 is 0 Å². The number of rotatable bonds is 8. The Morgan fingerprint density at radius 3 is 1.54 bits per heavy atom. The topological polar surface area (TPSA) is 43.6 Å². The van der Waals surface area contributed by atoms with Gasteiger partial charge in [-0.2, -0.15) is 9.97 Å². The Bertz CT molecular complexity index is 2640. The predicted octanol–water partition coefficient (Wildman–Crippen LogP) is 9.73. The maximum absolute atomic E-state index is 5.42. The van der Waals surface area contributed by atoms with Crippen LogP contribution >= 0.6 is 0 Å². The summed E-state index contributed by atoms with van der Waals surface area (Å²) in [6.07, 6.45) is 6.22. The molecule has 0 bridgehead atoms. The van der Waals surface area contributed by atoms with Crippen molar-refractivity contribution < 1.29 is 0 Å². The lowest BCUT2D eigenvalue weighted by molar-refractivity contribution is 0.444. The molecule has 4 nitrogen and oxygen atoms in total. The number of para-hydroxylation sites is 2. The maximum Gasteiger partial charge on any atom is 0.238 e. The number of hydrogen-bond acceptors (Lipinski definition) is 3. The highest BCUT2D eigenvalue weighted by atomic mass is 28.3. The van der Waals surface area contributed by atoms with E-state index in [1.807, 2.05) is 0 Å². The zero-order valence-electron chi connectivity index (χ0n) is 31.3. The van der Waals surface area contributed by atoms with Crippen LogP contribution in [0.4, 0.5) is 0 Å². The van der Waals surface area contributed by atoms with Gasteiger partial charge in [0.1, 0.15) is 0 Å². The van der Waals surface area contributed by atoms with Crippen molar-refractivity contribution in [2.75, 3.05) is 0 Å². The highest BCUT2D eigenvalue weighted by Gasteiger charge is 2.41. The summed E-state index contributed by atoms with van der Waals surface area (Å²) in [5, 5.41) is 7.64. The van der Waals surface area contributed by atoms with Crippen LogP contribution in [-0.2, 0) is 0 Å². The van der Waals surface area contributed by atoms with Gasteiger partial charge in [-0.15, -0.1) is 0 Å². The molecule has 10 rings (SSSR count). The lowest BCUT2D eigenvalue weighted by Gasteiger charge is -2.34. The minimum atomic E-state index is -2.79. The molecule has 0 amide bonds. The highest BCUT2D eigenvalue weighted by Crippen LogP contribution is 2.38. The summed E-state index contributed by atoms with van der Waals surface area (Å²) in [7, 11) is -2.79. The van der Waals surface area contributed by atoms with Crippen LogP contribution in [0, 0.1) is 0 Å². The van der Waals surface area contributed by atoms with E-state index < -0.39 is 8.07 Å². The van der Waals surface area contributed by atoms with Crippen LogP contribution in [0.3, 0.4) is 0 Å².